The van der Waals surface area contributed by atoms with Gasteiger partial charge in [0.2, 0.25) is 5.91 Å². The summed E-state index contributed by atoms with van der Waals surface area (Å²) >= 11 is 0. The minimum Gasteiger partial charge on any atom is -0.480 e. The Hall–Kier alpha value is -1.99. The molecule has 0 saturated heterocycles. The van der Waals surface area contributed by atoms with E-state index < -0.39 is 11.5 Å². The molecule has 8 nitrogen and oxygen atoms in total. The molecular formula is C11H17N5O3. The van der Waals surface area contributed by atoms with Crippen LogP contribution in [0.3, 0.4) is 0 Å². The van der Waals surface area contributed by atoms with Crippen molar-refractivity contribution in [3.63, 3.8) is 0 Å². The lowest BCUT2D eigenvalue weighted by molar-refractivity contribution is -0.149. The van der Waals surface area contributed by atoms with Crippen molar-refractivity contribution in [2.75, 3.05) is 0 Å². The molecule has 1 heterocycles. The number of carbonyl (C=O) groups is 2. The molecule has 0 bridgehead atoms. The van der Waals surface area contributed by atoms with Gasteiger partial charge in [0, 0.05) is 0 Å². The van der Waals surface area contributed by atoms with Gasteiger partial charge in [0.1, 0.15) is 18.4 Å². The van der Waals surface area contributed by atoms with Crippen LogP contribution >= 0.6 is 0 Å². The minimum absolute atomic E-state index is 0.0718. The SMILES string of the molecule is CC1CCC(NC(=O)Cn2cnnn2)(C(=O)O)CC1. The first-order valence-corrected chi connectivity index (χ1v) is 6.27. The van der Waals surface area contributed by atoms with Gasteiger partial charge in [0.15, 0.2) is 0 Å². The van der Waals surface area contributed by atoms with Gasteiger partial charge in [0.25, 0.3) is 0 Å². The van der Waals surface area contributed by atoms with Crippen LogP contribution in [0.15, 0.2) is 6.33 Å². The number of aromatic nitrogens is 4. The molecular weight excluding hydrogens is 250 g/mol. The summed E-state index contributed by atoms with van der Waals surface area (Å²) in [5, 5.41) is 22.4. The van der Waals surface area contributed by atoms with Gasteiger partial charge < -0.3 is 10.4 Å². The number of carboxylic acids is 1. The number of hydrogen-bond donors (Lipinski definition) is 2. The molecule has 2 N–H and O–H groups in total. The Morgan fingerprint density at radius 2 is 2.16 bits per heavy atom. The number of carbonyl (C=O) groups excluding carboxylic acids is 1. The largest absolute Gasteiger partial charge is 0.480 e. The summed E-state index contributed by atoms with van der Waals surface area (Å²) < 4.78 is 1.26. The predicted molar refractivity (Wildman–Crippen MR) is 64.0 cm³/mol. The molecule has 19 heavy (non-hydrogen) atoms. The van der Waals surface area contributed by atoms with Crippen LogP contribution in [0.4, 0.5) is 0 Å². The fraction of sp³-hybridized carbons (Fsp3) is 0.727. The molecule has 1 fully saturated rings. The quantitative estimate of drug-likeness (QED) is 0.783. The maximum Gasteiger partial charge on any atom is 0.329 e. The topological polar surface area (TPSA) is 110 Å². The van der Waals surface area contributed by atoms with E-state index in [1.807, 2.05) is 0 Å². The maximum atomic E-state index is 11.9. The molecule has 104 valence electrons. The van der Waals surface area contributed by atoms with Gasteiger partial charge in [-0.3, -0.25) is 4.79 Å². The van der Waals surface area contributed by atoms with Gasteiger partial charge in [-0.25, -0.2) is 9.48 Å². The Morgan fingerprint density at radius 1 is 1.47 bits per heavy atom. The van der Waals surface area contributed by atoms with Crippen molar-refractivity contribution >= 4 is 11.9 Å². The monoisotopic (exact) mass is 267 g/mol. The van der Waals surface area contributed by atoms with Gasteiger partial charge in [-0.1, -0.05) is 6.92 Å². The van der Waals surface area contributed by atoms with Crippen LogP contribution in [-0.4, -0.2) is 42.7 Å². The van der Waals surface area contributed by atoms with Crippen molar-refractivity contribution in [2.24, 2.45) is 5.92 Å². The van der Waals surface area contributed by atoms with Gasteiger partial charge in [-0.2, -0.15) is 0 Å². The Balaban J connectivity index is 2.01. The number of nitrogens with zero attached hydrogens (tertiary/aromatic N) is 4. The highest BCUT2D eigenvalue weighted by atomic mass is 16.4. The number of nitrogens with one attached hydrogen (secondary N) is 1. The second-order valence-electron chi connectivity index (χ2n) is 5.13. The second kappa shape index (κ2) is 5.33. The molecule has 0 aromatic carbocycles. The van der Waals surface area contributed by atoms with E-state index in [0.717, 1.165) is 12.8 Å². The molecule has 1 saturated carbocycles. The lowest BCUT2D eigenvalue weighted by atomic mass is 9.77. The zero-order chi connectivity index (χ0) is 13.9. The van der Waals surface area contributed by atoms with E-state index in [0.29, 0.717) is 18.8 Å². The van der Waals surface area contributed by atoms with Gasteiger partial charge in [0.05, 0.1) is 0 Å². The molecule has 8 heteroatoms. The van der Waals surface area contributed by atoms with E-state index in [-0.39, 0.29) is 12.5 Å². The van der Waals surface area contributed by atoms with Gasteiger partial charge >= 0.3 is 5.97 Å². The number of rotatable bonds is 4. The molecule has 1 amide bonds. The van der Waals surface area contributed by atoms with Crippen molar-refractivity contribution in [1.82, 2.24) is 25.5 Å². The van der Waals surface area contributed by atoms with Crippen LogP contribution in [0.1, 0.15) is 32.6 Å². The van der Waals surface area contributed by atoms with Crippen LogP contribution in [-0.2, 0) is 16.1 Å². The van der Waals surface area contributed by atoms with E-state index in [1.165, 1.54) is 11.0 Å². The van der Waals surface area contributed by atoms with Crippen molar-refractivity contribution in [2.45, 2.75) is 44.7 Å². The fourth-order valence-electron chi connectivity index (χ4n) is 2.35. The zero-order valence-electron chi connectivity index (χ0n) is 10.7. The van der Waals surface area contributed by atoms with E-state index in [4.69, 9.17) is 0 Å². The smallest absolute Gasteiger partial charge is 0.329 e. The molecule has 0 unspecified atom stereocenters. The van der Waals surface area contributed by atoms with Gasteiger partial charge in [-0.15, -0.1) is 5.10 Å². The highest BCUT2D eigenvalue weighted by Crippen LogP contribution is 2.32. The summed E-state index contributed by atoms with van der Waals surface area (Å²) in [6, 6.07) is 0. The summed E-state index contributed by atoms with van der Waals surface area (Å²) in [5.74, 6) is -0.849. The number of aliphatic carboxylic acids is 1. The molecule has 0 radical (unpaired) electrons. The van der Waals surface area contributed by atoms with E-state index in [9.17, 15) is 14.7 Å². The van der Waals surface area contributed by atoms with E-state index in [2.05, 4.69) is 27.8 Å². The normalized spacial score (nSPS) is 26.9. The average Bonchev–Trinajstić information content (AvgIpc) is 2.84. The van der Waals surface area contributed by atoms with Crippen molar-refractivity contribution < 1.29 is 14.7 Å². The molecule has 1 aromatic heterocycles. The van der Waals surface area contributed by atoms with Gasteiger partial charge in [-0.05, 0) is 42.0 Å². The second-order valence-corrected chi connectivity index (χ2v) is 5.13. The third-order valence-corrected chi connectivity index (χ3v) is 3.61. The van der Waals surface area contributed by atoms with E-state index >= 15 is 0 Å². The zero-order valence-corrected chi connectivity index (χ0v) is 10.7. The summed E-state index contributed by atoms with van der Waals surface area (Å²) in [6.07, 6.45) is 3.85. The van der Waals surface area contributed by atoms with Crippen molar-refractivity contribution in [1.29, 1.82) is 0 Å². The summed E-state index contributed by atoms with van der Waals surface area (Å²) in [6.45, 7) is 2.02. The Kier molecular flexibility index (Phi) is 3.77. The number of carboxylic acid groups (broad SMARTS) is 1. The highest BCUT2D eigenvalue weighted by molar-refractivity contribution is 5.87. The third-order valence-electron chi connectivity index (χ3n) is 3.61. The fourth-order valence-corrected chi connectivity index (χ4v) is 2.35. The van der Waals surface area contributed by atoms with E-state index in [1.54, 1.807) is 0 Å². The van der Waals surface area contributed by atoms with Crippen LogP contribution in [0.5, 0.6) is 0 Å². The lowest BCUT2D eigenvalue weighted by Crippen LogP contribution is -2.56. The van der Waals surface area contributed by atoms with Crippen molar-refractivity contribution in [3.8, 4) is 0 Å². The van der Waals surface area contributed by atoms with Crippen LogP contribution < -0.4 is 5.32 Å². The lowest BCUT2D eigenvalue weighted by Gasteiger charge is -2.36. The summed E-state index contributed by atoms with van der Waals surface area (Å²) in [5.41, 5.74) is -1.14. The maximum absolute atomic E-state index is 11.9. The number of hydrogen-bond acceptors (Lipinski definition) is 5. The average molecular weight is 267 g/mol. The van der Waals surface area contributed by atoms with Crippen molar-refractivity contribution in [3.05, 3.63) is 6.33 Å². The summed E-state index contributed by atoms with van der Waals surface area (Å²) in [7, 11) is 0. The number of tetrazole rings is 1. The Morgan fingerprint density at radius 3 is 2.68 bits per heavy atom. The molecule has 1 aromatic rings. The molecule has 0 atom stereocenters. The molecule has 1 aliphatic carbocycles. The Bertz CT molecular complexity index is 451. The van der Waals surface area contributed by atoms with Crippen LogP contribution in [0.25, 0.3) is 0 Å². The molecule has 1 aliphatic rings. The number of amides is 1. The third kappa shape index (κ3) is 3.07. The predicted octanol–water partition coefficient (Wildman–Crippen LogP) is -0.177. The molecule has 0 spiro atoms. The summed E-state index contributed by atoms with van der Waals surface area (Å²) in [4.78, 5) is 23.3. The highest BCUT2D eigenvalue weighted by Gasteiger charge is 2.42. The standard InChI is InChI=1S/C11H17N5O3/c1-8-2-4-11(5-3-8,10(18)19)13-9(17)6-16-7-12-14-15-16/h7-8H,2-6H2,1H3,(H,13,17)(H,18,19). The first kappa shape index (κ1) is 13.4. The Labute approximate surface area is 110 Å². The first-order chi connectivity index (χ1) is 9.02. The molecule has 0 aliphatic heterocycles. The molecule has 2 rings (SSSR count). The van der Waals surface area contributed by atoms with Crippen LogP contribution in [0.2, 0.25) is 0 Å². The van der Waals surface area contributed by atoms with Crippen LogP contribution in [0, 0.1) is 5.92 Å². The first-order valence-electron chi connectivity index (χ1n) is 6.27. The minimum atomic E-state index is -1.14.